The molecule has 1 amide bonds. The van der Waals surface area contributed by atoms with E-state index in [2.05, 4.69) is 19.6 Å². The van der Waals surface area contributed by atoms with Gasteiger partial charge >= 0.3 is 0 Å². The first-order chi connectivity index (χ1) is 15.7. The first kappa shape index (κ1) is 24.4. The van der Waals surface area contributed by atoms with Gasteiger partial charge in [-0.3, -0.25) is 4.79 Å². The summed E-state index contributed by atoms with van der Waals surface area (Å²) in [6.07, 6.45) is 2.09. The molecule has 1 heterocycles. The molecule has 1 N–H and O–H groups in total. The molecule has 0 aliphatic carbocycles. The third kappa shape index (κ3) is 5.75. The second-order valence-electron chi connectivity index (χ2n) is 7.43. The van der Waals surface area contributed by atoms with Crippen LogP contribution in [0.2, 0.25) is 0 Å². The molecule has 0 aliphatic heterocycles. The standard InChI is InChI=1S/C23H27FN5O3S/c1-6-29(7-2)23(30)15(4)32-20-11-16(24)8-9-18(20)27-22-21-14(3)10-17(28-33(5)31)12-19(21)25-13-26-22/h8-13,15H,6-7H2,1-5H3,(H,25,26,27)/q-1/t15-/m1/s1. The Kier molecular flexibility index (Phi) is 7.80. The van der Waals surface area contributed by atoms with Crippen LogP contribution in [-0.2, 0) is 19.6 Å². The maximum Gasteiger partial charge on any atom is 0.263 e. The maximum atomic E-state index is 14.0. The van der Waals surface area contributed by atoms with E-state index in [1.54, 1.807) is 24.0 Å². The molecular formula is C23H27FN5O3S-. The van der Waals surface area contributed by atoms with Crippen molar-refractivity contribution in [1.82, 2.24) is 14.9 Å². The molecule has 0 saturated heterocycles. The van der Waals surface area contributed by atoms with Crippen LogP contribution in [0.25, 0.3) is 10.9 Å². The van der Waals surface area contributed by atoms with Crippen molar-refractivity contribution in [1.29, 1.82) is 0 Å². The van der Waals surface area contributed by atoms with Crippen LogP contribution in [0, 0.1) is 12.7 Å². The number of hydrogen-bond acceptors (Lipinski definition) is 8. The van der Waals surface area contributed by atoms with Gasteiger partial charge in [0.15, 0.2) is 6.10 Å². The highest BCUT2D eigenvalue weighted by Gasteiger charge is 2.21. The molecule has 0 unspecified atom stereocenters. The number of aryl methyl sites for hydroxylation is 1. The van der Waals surface area contributed by atoms with Crippen molar-refractivity contribution in [3.05, 3.63) is 48.0 Å². The fourth-order valence-corrected chi connectivity index (χ4v) is 3.93. The summed E-state index contributed by atoms with van der Waals surface area (Å²) in [5.41, 5.74) is 2.46. The van der Waals surface area contributed by atoms with E-state index in [4.69, 9.17) is 4.74 Å². The van der Waals surface area contributed by atoms with Crippen molar-refractivity contribution >= 4 is 44.6 Å². The lowest BCUT2D eigenvalue weighted by Gasteiger charge is -2.24. The van der Waals surface area contributed by atoms with Gasteiger partial charge in [-0.15, -0.1) is 6.26 Å². The molecule has 10 heteroatoms. The number of amides is 1. The topological polar surface area (TPSA) is 96.8 Å². The lowest BCUT2D eigenvalue weighted by molar-refractivity contribution is -0.137. The minimum absolute atomic E-state index is 0.178. The Morgan fingerprint density at radius 2 is 1.97 bits per heavy atom. The minimum atomic E-state index is -1.34. The molecule has 0 saturated carbocycles. The fourth-order valence-electron chi connectivity index (χ4n) is 3.53. The van der Waals surface area contributed by atoms with Gasteiger partial charge < -0.3 is 23.5 Å². The van der Waals surface area contributed by atoms with Gasteiger partial charge in [0, 0.05) is 30.2 Å². The number of benzene rings is 2. The molecule has 0 radical (unpaired) electrons. The molecule has 33 heavy (non-hydrogen) atoms. The number of nitrogens with one attached hydrogen (secondary N) is 1. The number of nitrogens with zero attached hydrogens (tertiary/aromatic N) is 4. The highest BCUT2D eigenvalue weighted by molar-refractivity contribution is 7.74. The molecule has 3 aromatic rings. The second-order valence-corrected chi connectivity index (χ2v) is 8.46. The van der Waals surface area contributed by atoms with Gasteiger partial charge in [-0.1, -0.05) is 0 Å². The molecule has 1 aromatic heterocycles. The number of likely N-dealkylation sites (N-methyl/N-ethyl adjacent to an activating group) is 1. The minimum Gasteiger partial charge on any atom is -0.479 e. The average Bonchev–Trinajstić information content (AvgIpc) is 2.75. The van der Waals surface area contributed by atoms with Crippen LogP contribution in [0.15, 0.2) is 41.0 Å². The highest BCUT2D eigenvalue weighted by Crippen LogP contribution is 2.34. The summed E-state index contributed by atoms with van der Waals surface area (Å²) in [6, 6.07) is 7.59. The Morgan fingerprint density at radius 1 is 1.24 bits per heavy atom. The monoisotopic (exact) mass is 472 g/mol. The predicted octanol–water partition coefficient (Wildman–Crippen LogP) is 4.87. The third-order valence-electron chi connectivity index (χ3n) is 5.08. The highest BCUT2D eigenvalue weighted by atomic mass is 32.2. The SMILES string of the molecule is CCN(CC)C(=O)[C@@H](C)Oc1cc(F)ccc1Nc1ncnc2cc(N=[S-](C)=O)cc(C)c12. The second kappa shape index (κ2) is 10.6. The number of fused-ring (bicyclic) bond motifs is 1. The van der Waals surface area contributed by atoms with Gasteiger partial charge in [0.25, 0.3) is 5.91 Å². The number of aromatic nitrogens is 2. The molecule has 1 atom stereocenters. The smallest absolute Gasteiger partial charge is 0.263 e. The summed E-state index contributed by atoms with van der Waals surface area (Å²) in [4.78, 5) is 22.9. The van der Waals surface area contributed by atoms with E-state index in [0.29, 0.717) is 35.8 Å². The summed E-state index contributed by atoms with van der Waals surface area (Å²) in [7, 11) is -1.34. The Bertz CT molecular complexity index is 1260. The van der Waals surface area contributed by atoms with Crippen LogP contribution in [0.1, 0.15) is 26.3 Å². The summed E-state index contributed by atoms with van der Waals surface area (Å²) < 4.78 is 35.5. The van der Waals surface area contributed by atoms with Crippen molar-refractivity contribution in [2.24, 2.45) is 4.36 Å². The molecule has 0 aliphatic rings. The van der Waals surface area contributed by atoms with E-state index in [-0.39, 0.29) is 11.7 Å². The molecule has 0 spiro atoms. The fraction of sp³-hybridized carbons (Fsp3) is 0.348. The molecule has 0 bridgehead atoms. The number of ether oxygens (including phenoxy) is 1. The van der Waals surface area contributed by atoms with Crippen molar-refractivity contribution < 1.29 is 18.1 Å². The summed E-state index contributed by atoms with van der Waals surface area (Å²) in [5.74, 6) is 0.0185. The van der Waals surface area contributed by atoms with Crippen LogP contribution in [0.5, 0.6) is 5.75 Å². The van der Waals surface area contributed by atoms with E-state index >= 15 is 0 Å². The summed E-state index contributed by atoms with van der Waals surface area (Å²) >= 11 is 0. The number of rotatable bonds is 8. The van der Waals surface area contributed by atoms with Crippen molar-refractivity contribution in [2.45, 2.75) is 33.8 Å². The van der Waals surface area contributed by atoms with E-state index in [1.165, 1.54) is 30.8 Å². The van der Waals surface area contributed by atoms with E-state index in [9.17, 15) is 13.4 Å². The first-order valence-electron chi connectivity index (χ1n) is 10.6. The zero-order valence-corrected chi connectivity index (χ0v) is 20.1. The zero-order chi connectivity index (χ0) is 24.1. The van der Waals surface area contributed by atoms with Gasteiger partial charge in [0.1, 0.15) is 23.7 Å². The van der Waals surface area contributed by atoms with Crippen molar-refractivity contribution in [2.75, 3.05) is 24.7 Å². The first-order valence-corrected chi connectivity index (χ1v) is 12.1. The van der Waals surface area contributed by atoms with Gasteiger partial charge in [-0.25, -0.2) is 14.4 Å². The van der Waals surface area contributed by atoms with Crippen molar-refractivity contribution in [3.63, 3.8) is 0 Å². The molecule has 8 nitrogen and oxygen atoms in total. The molecule has 176 valence electrons. The Balaban J connectivity index is 1.98. The zero-order valence-electron chi connectivity index (χ0n) is 19.3. The third-order valence-corrected chi connectivity index (χ3v) is 5.55. The van der Waals surface area contributed by atoms with Gasteiger partial charge in [-0.05, 0) is 57.5 Å². The Labute approximate surface area is 194 Å². The predicted molar refractivity (Wildman–Crippen MR) is 128 cm³/mol. The lowest BCUT2D eigenvalue weighted by Crippen LogP contribution is -2.40. The lowest BCUT2D eigenvalue weighted by atomic mass is 10.1. The number of carbonyl (C=O) groups is 1. The van der Waals surface area contributed by atoms with Gasteiger partial charge in [-0.2, -0.15) is 10.6 Å². The van der Waals surface area contributed by atoms with Gasteiger partial charge in [0.05, 0.1) is 11.2 Å². The van der Waals surface area contributed by atoms with E-state index in [1.807, 2.05) is 20.8 Å². The summed E-state index contributed by atoms with van der Waals surface area (Å²) in [5, 5.41) is 3.92. The largest absolute Gasteiger partial charge is 0.479 e. The number of hydrogen-bond donors (Lipinski definition) is 1. The Morgan fingerprint density at radius 3 is 2.64 bits per heavy atom. The number of halogens is 1. The van der Waals surface area contributed by atoms with Crippen LogP contribution in [0.3, 0.4) is 0 Å². The Hall–Kier alpha value is -3.27. The average molecular weight is 473 g/mol. The van der Waals surface area contributed by atoms with Crippen LogP contribution in [0.4, 0.5) is 21.6 Å². The normalized spacial score (nSPS) is 13.0. The number of anilines is 2. The quantitative estimate of drug-likeness (QED) is 0.470. The van der Waals surface area contributed by atoms with Crippen LogP contribution < -0.4 is 10.1 Å². The van der Waals surface area contributed by atoms with E-state index in [0.717, 1.165) is 10.9 Å². The molecule has 0 fully saturated rings. The van der Waals surface area contributed by atoms with E-state index < -0.39 is 22.5 Å². The molecular weight excluding hydrogens is 445 g/mol. The number of carbonyl (C=O) groups excluding carboxylic acids is 1. The molecule has 2 aromatic carbocycles. The van der Waals surface area contributed by atoms with Crippen LogP contribution >= 0.6 is 0 Å². The maximum absolute atomic E-state index is 14.0. The molecule has 3 rings (SSSR count). The summed E-state index contributed by atoms with van der Waals surface area (Å²) in [6.45, 7) is 8.42. The van der Waals surface area contributed by atoms with Crippen molar-refractivity contribution in [3.8, 4) is 5.75 Å². The van der Waals surface area contributed by atoms with Crippen LogP contribution in [-0.4, -0.2) is 46.2 Å². The van der Waals surface area contributed by atoms with Gasteiger partial charge in [0.2, 0.25) is 0 Å².